The van der Waals surface area contributed by atoms with Gasteiger partial charge in [-0.1, -0.05) is 22.7 Å². The number of fused-ring (bicyclic) bond motifs is 2. The molecule has 0 aliphatic carbocycles. The lowest BCUT2D eigenvalue weighted by atomic mass is 10.1. The number of hydrogen-bond donors (Lipinski definition) is 5. The van der Waals surface area contributed by atoms with E-state index in [0.717, 1.165) is 22.7 Å². The fourth-order valence-corrected chi connectivity index (χ4v) is 8.75. The van der Waals surface area contributed by atoms with Gasteiger partial charge in [-0.25, -0.2) is 9.97 Å². The van der Waals surface area contributed by atoms with E-state index in [1.165, 1.54) is 22.7 Å². The highest BCUT2D eigenvalue weighted by Crippen LogP contribution is 2.29. The molecule has 1 unspecified atom stereocenters. The van der Waals surface area contributed by atoms with Crippen molar-refractivity contribution in [1.82, 2.24) is 50.1 Å². The number of furan rings is 2. The van der Waals surface area contributed by atoms with Gasteiger partial charge >= 0.3 is 0 Å². The predicted octanol–water partition coefficient (Wildman–Crippen LogP) is 4.84. The highest BCUT2D eigenvalue weighted by molar-refractivity contribution is 7.18. The van der Waals surface area contributed by atoms with Crippen LogP contribution in [0, 0.1) is 13.8 Å². The zero-order chi connectivity index (χ0) is 50.2. The van der Waals surface area contributed by atoms with Crippen molar-refractivity contribution in [2.75, 3.05) is 76.6 Å². The Balaban J connectivity index is 0.613. The molecule has 4 amide bonds. The number of hydrogen-bond acceptors (Lipinski definition) is 19. The van der Waals surface area contributed by atoms with Gasteiger partial charge in [0.1, 0.15) is 11.6 Å². The smallest absolute Gasteiger partial charge is 0.257 e. The highest BCUT2D eigenvalue weighted by Gasteiger charge is 2.18. The summed E-state index contributed by atoms with van der Waals surface area (Å²) in [4.78, 5) is 59.9. The zero-order valence-electron chi connectivity index (χ0n) is 39.5. The number of aromatic nitrogens is 8. The van der Waals surface area contributed by atoms with E-state index in [-0.39, 0.29) is 49.6 Å². The molecule has 25 heteroatoms. The van der Waals surface area contributed by atoms with Gasteiger partial charge in [0.2, 0.25) is 22.1 Å². The number of ether oxygens (including phenoxy) is 4. The number of imidazole rings is 2. The maximum Gasteiger partial charge on any atom is 0.257 e. The zero-order valence-corrected chi connectivity index (χ0v) is 41.1. The Labute approximate surface area is 419 Å². The Morgan fingerprint density at radius 3 is 1.57 bits per heavy atom. The first-order valence-electron chi connectivity index (χ1n) is 23.0. The fourth-order valence-electron chi connectivity index (χ4n) is 7.33. The number of carbonyl (C=O) groups is 4. The van der Waals surface area contributed by atoms with Gasteiger partial charge in [0.25, 0.3) is 11.8 Å². The summed E-state index contributed by atoms with van der Waals surface area (Å²) in [6.45, 7) is 8.27. The number of carbonyl (C=O) groups excluding carboxylic acids is 4. The largest absolute Gasteiger partial charge is 0.462 e. The van der Waals surface area contributed by atoms with Crippen LogP contribution in [0.5, 0.6) is 0 Å². The van der Waals surface area contributed by atoms with E-state index in [1.807, 2.05) is 35.1 Å². The quantitative estimate of drug-likeness (QED) is 0.0410. The molecule has 1 atom stereocenters. The summed E-state index contributed by atoms with van der Waals surface area (Å²) in [6, 6.07) is 16.9. The normalized spacial score (nSPS) is 11.9. The first-order chi connectivity index (χ1) is 35.1. The summed E-state index contributed by atoms with van der Waals surface area (Å²) in [5.74, 6) is 1.49. The van der Waals surface area contributed by atoms with Gasteiger partial charge in [-0.05, 0) is 80.9 Å². The number of aryl methyl sites for hydroxylation is 2. The van der Waals surface area contributed by atoms with Crippen molar-refractivity contribution < 1.29 is 47.0 Å². The van der Waals surface area contributed by atoms with Gasteiger partial charge in [-0.2, -0.15) is 0 Å². The topological polar surface area (TPSA) is 293 Å². The van der Waals surface area contributed by atoms with Gasteiger partial charge in [0.05, 0.1) is 93.5 Å². The van der Waals surface area contributed by atoms with E-state index >= 15 is 0 Å². The number of nitrogens with one attached hydrogen (secondary N) is 4. The van der Waals surface area contributed by atoms with Crippen molar-refractivity contribution in [2.45, 2.75) is 45.8 Å². The van der Waals surface area contributed by atoms with Gasteiger partial charge < -0.3 is 53.3 Å². The van der Waals surface area contributed by atoms with Gasteiger partial charge in [-0.3, -0.25) is 29.8 Å². The van der Waals surface area contributed by atoms with Crippen LogP contribution in [-0.4, -0.2) is 135 Å². The average Bonchev–Trinajstić information content (AvgIpc) is 4.25. The molecule has 0 fully saturated rings. The maximum atomic E-state index is 12.9. The molecule has 0 bridgehead atoms. The third kappa shape index (κ3) is 13.8. The molecule has 72 heavy (non-hydrogen) atoms. The van der Waals surface area contributed by atoms with Crippen molar-refractivity contribution in [3.8, 4) is 21.5 Å². The summed E-state index contributed by atoms with van der Waals surface area (Å²) in [5, 5.41) is 29.1. The second kappa shape index (κ2) is 25.2. The molecule has 6 heterocycles. The number of benzene rings is 2. The lowest BCUT2D eigenvalue weighted by molar-refractivity contribution is -0.123. The summed E-state index contributed by atoms with van der Waals surface area (Å²) in [5.41, 5.74) is 10.0. The minimum absolute atomic E-state index is 0.0913. The predicted molar refractivity (Wildman–Crippen MR) is 267 cm³/mol. The van der Waals surface area contributed by atoms with Crippen LogP contribution in [0.2, 0.25) is 0 Å². The van der Waals surface area contributed by atoms with Crippen LogP contribution in [0.3, 0.4) is 0 Å². The molecule has 0 saturated carbocycles. The van der Waals surface area contributed by atoms with Gasteiger partial charge in [0, 0.05) is 43.7 Å². The Hall–Kier alpha value is -7.26. The van der Waals surface area contributed by atoms with Gasteiger partial charge in [0.15, 0.2) is 21.5 Å². The molecule has 0 aliphatic rings. The molecule has 378 valence electrons. The molecule has 0 radical (unpaired) electrons. The maximum absolute atomic E-state index is 12.9. The second-order valence-electron chi connectivity index (χ2n) is 16.0. The third-order valence-corrected chi connectivity index (χ3v) is 12.7. The molecule has 6 N–H and O–H groups in total. The molecule has 8 aromatic rings. The van der Waals surface area contributed by atoms with E-state index in [2.05, 4.69) is 51.6 Å². The third-order valence-electron chi connectivity index (χ3n) is 11.0. The second-order valence-corrected chi connectivity index (χ2v) is 17.9. The van der Waals surface area contributed by atoms with Crippen molar-refractivity contribution >= 4 is 78.6 Å². The van der Waals surface area contributed by atoms with Crippen LogP contribution in [0.15, 0.2) is 82.0 Å². The summed E-state index contributed by atoms with van der Waals surface area (Å²) < 4.78 is 37.5. The van der Waals surface area contributed by atoms with E-state index in [4.69, 9.17) is 33.5 Å². The van der Waals surface area contributed by atoms with E-state index < -0.39 is 6.04 Å². The van der Waals surface area contributed by atoms with Crippen molar-refractivity contribution in [3.05, 3.63) is 96.0 Å². The summed E-state index contributed by atoms with van der Waals surface area (Å²) >= 11 is 2.43. The fraction of sp³-hybridized carbons (Fsp3) is 0.362. The molecule has 8 rings (SSSR count). The van der Waals surface area contributed by atoms with Crippen molar-refractivity contribution in [2.24, 2.45) is 5.73 Å². The number of nitrogens with zero attached hydrogens (tertiary/aromatic N) is 8. The van der Waals surface area contributed by atoms with E-state index in [0.29, 0.717) is 120 Å². The van der Waals surface area contributed by atoms with E-state index in [9.17, 15) is 19.2 Å². The van der Waals surface area contributed by atoms with Crippen LogP contribution >= 0.6 is 22.7 Å². The molecular formula is C47H53N13O10S2. The van der Waals surface area contributed by atoms with Crippen LogP contribution in [-0.2, 0) is 41.6 Å². The minimum Gasteiger partial charge on any atom is -0.462 e. The molecule has 0 aliphatic heterocycles. The van der Waals surface area contributed by atoms with Crippen molar-refractivity contribution in [3.63, 3.8) is 0 Å². The number of amides is 4. The van der Waals surface area contributed by atoms with E-state index in [1.54, 1.807) is 61.1 Å². The average molecular weight is 1020 g/mol. The van der Waals surface area contributed by atoms with Crippen LogP contribution < -0.4 is 27.0 Å². The molecule has 2 aromatic carbocycles. The summed E-state index contributed by atoms with van der Waals surface area (Å²) in [6.07, 6.45) is 3.38. The minimum atomic E-state index is -0.842. The number of anilines is 2. The lowest BCUT2D eigenvalue weighted by Crippen LogP contribution is -2.42. The molecular weight excluding hydrogens is 971 g/mol. The Bertz CT molecular complexity index is 3060. The van der Waals surface area contributed by atoms with Gasteiger partial charge in [-0.15, -0.1) is 20.4 Å². The molecule has 23 nitrogen and oxygen atoms in total. The van der Waals surface area contributed by atoms with Crippen LogP contribution in [0.4, 0.5) is 10.3 Å². The molecule has 0 spiro atoms. The summed E-state index contributed by atoms with van der Waals surface area (Å²) in [7, 11) is 0. The standard InChI is InChI=1S/C47H53N13O10S2/c1-29-51-34-27-31(41(62)53-46-57-55-44(71-46)38-5-3-17-69-38)7-10-36(34)59(29)15-21-67-25-23-65-19-13-49-40(61)12-9-33(48)43(64)50-14-20-66-24-26-68-22-16-60-30(2)52-35-28-32(8-11-37(35)60)42(63)54-47-58-56-45(72-47)39-6-4-18-70-39/h3-8,10-11,17-18,27-28,33H,9,12-16,19-26,48H2,1-2H3,(H,49,61)(H,50,64)(H,53,57,62)(H,54,58,63). The molecule has 0 saturated heterocycles. The first-order valence-corrected chi connectivity index (χ1v) is 24.6. The monoisotopic (exact) mass is 1020 g/mol. The Kier molecular flexibility index (Phi) is 17.9. The van der Waals surface area contributed by atoms with Crippen LogP contribution in [0.25, 0.3) is 43.6 Å². The lowest BCUT2D eigenvalue weighted by Gasteiger charge is -2.13. The Morgan fingerprint density at radius 1 is 0.625 bits per heavy atom. The Morgan fingerprint density at radius 2 is 1.10 bits per heavy atom. The van der Waals surface area contributed by atoms with Crippen molar-refractivity contribution in [1.29, 1.82) is 0 Å². The van der Waals surface area contributed by atoms with Crippen LogP contribution in [0.1, 0.15) is 45.2 Å². The highest BCUT2D eigenvalue weighted by atomic mass is 32.1. The molecule has 6 aromatic heterocycles. The SMILES string of the molecule is Cc1nc2cc(C(=O)Nc3nnc(-c4ccco4)s3)ccc2n1CCOCCOCCNC(=O)CCC(N)C(=O)NCCOCCOCCn1c(C)nc2cc(C(=O)Nc3nnc(-c4ccco4)s3)ccc21. The number of nitrogens with two attached hydrogens (primary N) is 1. The number of rotatable bonds is 28. The first kappa shape index (κ1) is 51.1.